The molecule has 1 aromatic heterocycles. The van der Waals surface area contributed by atoms with Gasteiger partial charge >= 0.3 is 5.91 Å². The number of thioether (sulfide) groups is 1. The van der Waals surface area contributed by atoms with Gasteiger partial charge < -0.3 is 14.6 Å². The molecule has 1 unspecified atom stereocenters. The summed E-state index contributed by atoms with van der Waals surface area (Å²) in [5.74, 6) is -0.338. The Morgan fingerprint density at radius 3 is 2.43 bits per heavy atom. The third-order valence-electron chi connectivity index (χ3n) is 6.56. The van der Waals surface area contributed by atoms with Crippen LogP contribution < -0.4 is 14.4 Å². The number of hydrogen-bond acceptors (Lipinski definition) is 9. The van der Waals surface area contributed by atoms with Crippen molar-refractivity contribution >= 4 is 57.3 Å². The zero-order valence-corrected chi connectivity index (χ0v) is 25.6. The van der Waals surface area contributed by atoms with Crippen LogP contribution in [0.4, 0.5) is 5.13 Å². The Morgan fingerprint density at radius 2 is 1.71 bits per heavy atom. The van der Waals surface area contributed by atoms with Gasteiger partial charge in [-0.3, -0.25) is 14.5 Å². The number of carbonyl (C=O) groups excluding carboxylic acids is 2. The summed E-state index contributed by atoms with van der Waals surface area (Å²) in [4.78, 5) is 28.5. The Hall–Kier alpha value is -3.86. The van der Waals surface area contributed by atoms with Crippen molar-refractivity contribution in [1.29, 1.82) is 0 Å². The maximum absolute atomic E-state index is 13.6. The quantitative estimate of drug-likeness (QED) is 0.0651. The molecule has 216 valence electrons. The van der Waals surface area contributed by atoms with E-state index in [-0.39, 0.29) is 16.5 Å². The van der Waals surface area contributed by atoms with E-state index in [1.807, 2.05) is 57.2 Å². The number of ketones is 1. The smallest absolute Gasteiger partial charge is 0.301 e. The number of benzene rings is 3. The number of Topliss-reactive ketones (excluding diaryl/α,β-unsaturated/α-hetero) is 1. The minimum atomic E-state index is -0.976. The number of aryl methyl sites for hydroxylation is 1. The summed E-state index contributed by atoms with van der Waals surface area (Å²) >= 11 is 8.92. The van der Waals surface area contributed by atoms with Crippen LogP contribution in [0.3, 0.4) is 0 Å². The first-order chi connectivity index (χ1) is 20.3. The van der Waals surface area contributed by atoms with Gasteiger partial charge in [-0.15, -0.1) is 10.2 Å². The summed E-state index contributed by atoms with van der Waals surface area (Å²) in [5.41, 5.74) is 2.86. The van der Waals surface area contributed by atoms with Crippen LogP contribution in [-0.2, 0) is 15.3 Å². The van der Waals surface area contributed by atoms with Gasteiger partial charge in [0.2, 0.25) is 5.13 Å². The highest BCUT2D eigenvalue weighted by Gasteiger charge is 2.48. The molecule has 4 aromatic rings. The summed E-state index contributed by atoms with van der Waals surface area (Å²) in [7, 11) is 0. The molecule has 2 heterocycles. The molecule has 0 aliphatic carbocycles. The lowest BCUT2D eigenvalue weighted by atomic mass is 9.95. The van der Waals surface area contributed by atoms with Crippen molar-refractivity contribution in [3.05, 3.63) is 99.6 Å². The van der Waals surface area contributed by atoms with Gasteiger partial charge in [0.05, 0.1) is 24.8 Å². The topological polar surface area (TPSA) is 102 Å². The summed E-state index contributed by atoms with van der Waals surface area (Å²) in [6.45, 7) is 6.47. The summed E-state index contributed by atoms with van der Waals surface area (Å²) in [6.07, 6.45) is 0. The zero-order valence-electron chi connectivity index (χ0n) is 23.2. The molecular weight excluding hydrogens is 594 g/mol. The molecule has 0 bridgehead atoms. The van der Waals surface area contributed by atoms with Crippen molar-refractivity contribution in [3.63, 3.8) is 0 Å². The van der Waals surface area contributed by atoms with Crippen molar-refractivity contribution < 1.29 is 24.2 Å². The fraction of sp³-hybridized carbons (Fsp3) is 0.226. The van der Waals surface area contributed by atoms with Gasteiger partial charge in [0, 0.05) is 16.3 Å². The van der Waals surface area contributed by atoms with Gasteiger partial charge in [-0.1, -0.05) is 88.8 Å². The molecule has 1 atom stereocenters. The third kappa shape index (κ3) is 6.01. The second-order valence-electron chi connectivity index (χ2n) is 9.34. The highest BCUT2D eigenvalue weighted by atomic mass is 35.5. The Morgan fingerprint density at radius 1 is 1.00 bits per heavy atom. The van der Waals surface area contributed by atoms with Gasteiger partial charge in [-0.05, 0) is 50.1 Å². The van der Waals surface area contributed by atoms with E-state index in [4.69, 9.17) is 21.1 Å². The fourth-order valence-electron chi connectivity index (χ4n) is 4.56. The van der Waals surface area contributed by atoms with E-state index in [2.05, 4.69) is 10.2 Å². The number of amides is 1. The normalized spacial score (nSPS) is 16.2. The molecular formula is C31H28ClN3O5S2. The van der Waals surface area contributed by atoms with E-state index >= 15 is 0 Å². The van der Waals surface area contributed by atoms with Gasteiger partial charge in [0.25, 0.3) is 5.78 Å². The van der Waals surface area contributed by atoms with E-state index in [1.54, 1.807) is 30.3 Å². The molecule has 0 spiro atoms. The largest absolute Gasteiger partial charge is 0.507 e. The molecule has 11 heteroatoms. The SMILES string of the molecule is CCOc1ccc(C2/C(=C(\O)c3ccc(C)cc3)C(=O)C(=O)N2c2nnc(SCc3ccccc3Cl)s2)cc1OCC. The second kappa shape index (κ2) is 13.0. The van der Waals surface area contributed by atoms with Crippen molar-refractivity contribution in [3.8, 4) is 11.5 Å². The van der Waals surface area contributed by atoms with E-state index in [0.717, 1.165) is 11.1 Å². The second-order valence-corrected chi connectivity index (χ2v) is 11.9. The molecule has 42 heavy (non-hydrogen) atoms. The lowest BCUT2D eigenvalue weighted by Gasteiger charge is -2.23. The standard InChI is InChI=1S/C31H28ClN3O5S2/c1-4-39-23-15-14-20(16-24(23)40-5-2)26-25(27(36)19-12-10-18(3)11-13-19)28(37)29(38)35(26)30-33-34-31(42-30)41-17-21-8-6-7-9-22(21)32/h6-16,26,36H,4-5,17H2,1-3H3/b27-25+. The Kier molecular flexibility index (Phi) is 9.15. The number of aliphatic hydroxyl groups is 1. The molecule has 1 N–H and O–H groups in total. The highest BCUT2D eigenvalue weighted by Crippen LogP contribution is 2.45. The minimum absolute atomic E-state index is 0.0454. The lowest BCUT2D eigenvalue weighted by Crippen LogP contribution is -2.29. The number of anilines is 1. The first-order valence-electron chi connectivity index (χ1n) is 13.3. The van der Waals surface area contributed by atoms with Crippen LogP contribution in [0.15, 0.2) is 76.6 Å². The van der Waals surface area contributed by atoms with Crippen molar-refractivity contribution in [2.75, 3.05) is 18.1 Å². The van der Waals surface area contributed by atoms with Crippen molar-refractivity contribution in [2.45, 2.75) is 36.9 Å². The predicted molar refractivity (Wildman–Crippen MR) is 166 cm³/mol. The van der Waals surface area contributed by atoms with Crippen LogP contribution in [0.1, 0.15) is 42.1 Å². The van der Waals surface area contributed by atoms with Crippen LogP contribution in [0.2, 0.25) is 5.02 Å². The predicted octanol–water partition coefficient (Wildman–Crippen LogP) is 7.22. The monoisotopic (exact) mass is 621 g/mol. The molecule has 1 saturated heterocycles. The summed E-state index contributed by atoms with van der Waals surface area (Å²) < 4.78 is 12.2. The number of nitrogens with zero attached hydrogens (tertiary/aromatic N) is 3. The number of halogens is 1. The molecule has 3 aromatic carbocycles. The number of aromatic nitrogens is 2. The van der Waals surface area contributed by atoms with Gasteiger partial charge in [0.1, 0.15) is 5.76 Å². The highest BCUT2D eigenvalue weighted by molar-refractivity contribution is 8.00. The summed E-state index contributed by atoms with van der Waals surface area (Å²) in [6, 6.07) is 18.9. The van der Waals surface area contributed by atoms with E-state index in [9.17, 15) is 14.7 Å². The van der Waals surface area contributed by atoms with Crippen LogP contribution in [0, 0.1) is 6.92 Å². The van der Waals surface area contributed by atoms with Crippen LogP contribution in [0.25, 0.3) is 5.76 Å². The Bertz CT molecular complexity index is 1650. The molecule has 0 radical (unpaired) electrons. The number of rotatable bonds is 10. The average molecular weight is 622 g/mol. The van der Waals surface area contributed by atoms with Crippen LogP contribution >= 0.6 is 34.7 Å². The van der Waals surface area contributed by atoms with E-state index in [0.29, 0.717) is 51.0 Å². The Balaban J connectivity index is 1.59. The molecule has 1 fully saturated rings. The van der Waals surface area contributed by atoms with Gasteiger partial charge in [-0.25, -0.2) is 0 Å². The fourth-order valence-corrected chi connectivity index (χ4v) is 6.72. The zero-order chi connectivity index (χ0) is 29.8. The Labute approximate surface area is 257 Å². The number of carbonyl (C=O) groups is 2. The van der Waals surface area contributed by atoms with E-state index in [1.165, 1.54) is 28.0 Å². The van der Waals surface area contributed by atoms with Crippen molar-refractivity contribution in [2.24, 2.45) is 0 Å². The lowest BCUT2D eigenvalue weighted by molar-refractivity contribution is -0.132. The number of hydrogen-bond donors (Lipinski definition) is 1. The van der Waals surface area contributed by atoms with Gasteiger partial charge in [-0.2, -0.15) is 0 Å². The molecule has 0 saturated carbocycles. The molecule has 5 rings (SSSR count). The van der Waals surface area contributed by atoms with Crippen LogP contribution in [-0.4, -0.2) is 40.2 Å². The van der Waals surface area contributed by atoms with Crippen molar-refractivity contribution in [1.82, 2.24) is 10.2 Å². The molecule has 1 amide bonds. The summed E-state index contributed by atoms with van der Waals surface area (Å²) in [5, 5.41) is 20.9. The number of aliphatic hydroxyl groups excluding tert-OH is 1. The first kappa shape index (κ1) is 29.6. The maximum Gasteiger partial charge on any atom is 0.301 e. The third-order valence-corrected chi connectivity index (χ3v) is 9.04. The van der Waals surface area contributed by atoms with Crippen LogP contribution in [0.5, 0.6) is 11.5 Å². The van der Waals surface area contributed by atoms with E-state index < -0.39 is 17.7 Å². The molecule has 8 nitrogen and oxygen atoms in total. The average Bonchev–Trinajstić information content (AvgIpc) is 3.55. The maximum atomic E-state index is 13.6. The molecule has 1 aliphatic rings. The molecule has 1 aliphatic heterocycles. The minimum Gasteiger partial charge on any atom is -0.507 e. The van der Waals surface area contributed by atoms with Gasteiger partial charge in [0.15, 0.2) is 15.8 Å². The number of ether oxygens (including phenoxy) is 2. The first-order valence-corrected chi connectivity index (χ1v) is 15.5.